The highest BCUT2D eigenvalue weighted by Gasteiger charge is 2.28. The Morgan fingerprint density at radius 1 is 1.65 bits per heavy atom. The smallest absolute Gasteiger partial charge is 0.306 e. The van der Waals surface area contributed by atoms with Gasteiger partial charge in [-0.25, -0.2) is 0 Å². The van der Waals surface area contributed by atoms with Crippen LogP contribution in [0.2, 0.25) is 0 Å². The van der Waals surface area contributed by atoms with E-state index in [0.717, 1.165) is 3.79 Å². The summed E-state index contributed by atoms with van der Waals surface area (Å²) in [6.07, 6.45) is -0.545. The van der Waals surface area contributed by atoms with Crippen LogP contribution in [0.5, 0.6) is 5.75 Å². The molecule has 110 valence electrons. The lowest BCUT2D eigenvalue weighted by atomic mass is 10.2. The van der Waals surface area contributed by atoms with Gasteiger partial charge < -0.3 is 19.5 Å². The van der Waals surface area contributed by atoms with Crippen molar-refractivity contribution in [1.82, 2.24) is 4.90 Å². The fraction of sp³-hybridized carbons (Fsp3) is 0.500. The molecule has 1 aromatic rings. The van der Waals surface area contributed by atoms with Crippen molar-refractivity contribution in [3.63, 3.8) is 0 Å². The molecule has 0 saturated carbocycles. The summed E-state index contributed by atoms with van der Waals surface area (Å²) in [6, 6.07) is 1.68. The highest BCUT2D eigenvalue weighted by atomic mass is 79.9. The summed E-state index contributed by atoms with van der Waals surface area (Å²) in [5.74, 6) is -0.434. The number of methoxy groups -OCH3 is 1. The molecule has 1 amide bonds. The molecule has 0 spiro atoms. The number of aliphatic carboxylic acids is 1. The Kier molecular flexibility index (Phi) is 5.00. The lowest BCUT2D eigenvalue weighted by Gasteiger charge is -2.32. The van der Waals surface area contributed by atoms with E-state index in [0.29, 0.717) is 30.3 Å². The van der Waals surface area contributed by atoms with Crippen LogP contribution in [0, 0.1) is 0 Å². The minimum absolute atomic E-state index is 0.0960. The predicted molar refractivity (Wildman–Crippen MR) is 76.5 cm³/mol. The van der Waals surface area contributed by atoms with Gasteiger partial charge in [0.1, 0.15) is 9.54 Å². The van der Waals surface area contributed by atoms with E-state index in [9.17, 15) is 9.59 Å². The molecule has 1 unspecified atom stereocenters. The zero-order valence-corrected chi connectivity index (χ0v) is 13.2. The number of nitrogens with zero attached hydrogens (tertiary/aromatic N) is 1. The number of ether oxygens (including phenoxy) is 2. The van der Waals surface area contributed by atoms with Gasteiger partial charge in [-0.3, -0.25) is 9.59 Å². The number of hydrogen-bond acceptors (Lipinski definition) is 5. The Hall–Kier alpha value is -1.12. The molecule has 1 saturated heterocycles. The summed E-state index contributed by atoms with van der Waals surface area (Å²) in [5, 5.41) is 8.78. The van der Waals surface area contributed by atoms with Crippen LogP contribution in [0.4, 0.5) is 0 Å². The number of morpholine rings is 1. The first kappa shape index (κ1) is 15.3. The maximum absolute atomic E-state index is 12.4. The number of carboxylic acid groups (broad SMARTS) is 1. The average Bonchev–Trinajstić information content (AvgIpc) is 2.78. The van der Waals surface area contributed by atoms with E-state index in [1.165, 1.54) is 11.3 Å². The number of carbonyl (C=O) groups excluding carboxylic acids is 1. The molecule has 8 heteroatoms. The van der Waals surface area contributed by atoms with Crippen LogP contribution in [0.15, 0.2) is 9.85 Å². The Bertz CT molecular complexity index is 518. The first-order chi connectivity index (χ1) is 9.51. The van der Waals surface area contributed by atoms with Gasteiger partial charge >= 0.3 is 5.97 Å². The fourth-order valence-corrected chi connectivity index (χ4v) is 3.59. The Morgan fingerprint density at radius 3 is 3.00 bits per heavy atom. The number of carboxylic acids is 1. The third-order valence-electron chi connectivity index (χ3n) is 2.91. The Labute approximate surface area is 128 Å². The van der Waals surface area contributed by atoms with Crippen molar-refractivity contribution in [2.75, 3.05) is 26.8 Å². The van der Waals surface area contributed by atoms with Gasteiger partial charge in [-0.2, -0.15) is 0 Å². The quantitative estimate of drug-likeness (QED) is 0.882. The number of carbonyl (C=O) groups is 2. The van der Waals surface area contributed by atoms with E-state index in [1.807, 2.05) is 0 Å². The molecule has 0 radical (unpaired) electrons. The van der Waals surface area contributed by atoms with Crippen molar-refractivity contribution in [3.8, 4) is 5.75 Å². The molecule has 20 heavy (non-hydrogen) atoms. The third kappa shape index (κ3) is 3.50. The van der Waals surface area contributed by atoms with Gasteiger partial charge in [-0.15, -0.1) is 11.3 Å². The lowest BCUT2D eigenvalue weighted by Crippen LogP contribution is -2.46. The van der Waals surface area contributed by atoms with Crippen molar-refractivity contribution in [2.45, 2.75) is 12.5 Å². The monoisotopic (exact) mass is 363 g/mol. The van der Waals surface area contributed by atoms with Gasteiger partial charge in [-0.1, -0.05) is 0 Å². The minimum atomic E-state index is -0.926. The molecule has 1 atom stereocenters. The van der Waals surface area contributed by atoms with Crippen molar-refractivity contribution in [2.24, 2.45) is 0 Å². The SMILES string of the molecule is COc1cc(C(=O)N2CCOC(CC(=O)O)C2)sc1Br. The van der Waals surface area contributed by atoms with E-state index in [-0.39, 0.29) is 12.3 Å². The van der Waals surface area contributed by atoms with Gasteiger partial charge in [0.25, 0.3) is 5.91 Å². The number of thiophene rings is 1. The van der Waals surface area contributed by atoms with Crippen LogP contribution < -0.4 is 4.74 Å². The summed E-state index contributed by atoms with van der Waals surface area (Å²) in [7, 11) is 1.54. The van der Waals surface area contributed by atoms with Gasteiger partial charge in [0.15, 0.2) is 0 Å². The Morgan fingerprint density at radius 2 is 2.40 bits per heavy atom. The first-order valence-electron chi connectivity index (χ1n) is 5.97. The van der Waals surface area contributed by atoms with E-state index in [2.05, 4.69) is 15.9 Å². The molecule has 1 fully saturated rings. The summed E-state index contributed by atoms with van der Waals surface area (Å²) < 4.78 is 11.2. The molecule has 6 nitrogen and oxygen atoms in total. The molecule has 0 aromatic carbocycles. The maximum Gasteiger partial charge on any atom is 0.306 e. The van der Waals surface area contributed by atoms with Crippen LogP contribution in [0.3, 0.4) is 0 Å². The van der Waals surface area contributed by atoms with E-state index >= 15 is 0 Å². The standard InChI is InChI=1S/C12H14BrNO5S/c1-18-8-5-9(20-11(8)13)12(17)14-2-3-19-7(6-14)4-10(15)16/h5,7H,2-4,6H2,1H3,(H,15,16). The number of halogens is 1. The van der Waals surface area contributed by atoms with Crippen molar-refractivity contribution >= 4 is 39.1 Å². The zero-order valence-electron chi connectivity index (χ0n) is 10.8. The molecular weight excluding hydrogens is 350 g/mol. The van der Waals surface area contributed by atoms with Crippen LogP contribution >= 0.6 is 27.3 Å². The summed E-state index contributed by atoms with van der Waals surface area (Å²) in [6.45, 7) is 1.11. The van der Waals surface area contributed by atoms with Crippen LogP contribution in [-0.4, -0.2) is 54.8 Å². The van der Waals surface area contributed by atoms with Crippen LogP contribution in [0.25, 0.3) is 0 Å². The van der Waals surface area contributed by atoms with Crippen molar-refractivity contribution in [1.29, 1.82) is 0 Å². The number of hydrogen-bond donors (Lipinski definition) is 1. The highest BCUT2D eigenvalue weighted by molar-refractivity contribution is 9.11. The summed E-state index contributed by atoms with van der Waals surface area (Å²) >= 11 is 4.63. The molecule has 2 heterocycles. The number of rotatable bonds is 4. The summed E-state index contributed by atoms with van der Waals surface area (Å²) in [5.41, 5.74) is 0. The van der Waals surface area contributed by atoms with Gasteiger partial charge in [0.2, 0.25) is 0 Å². The van der Waals surface area contributed by atoms with E-state index in [4.69, 9.17) is 14.6 Å². The van der Waals surface area contributed by atoms with E-state index in [1.54, 1.807) is 18.1 Å². The molecule has 1 aliphatic rings. The molecule has 1 aliphatic heterocycles. The second-order valence-electron chi connectivity index (χ2n) is 4.29. The van der Waals surface area contributed by atoms with Crippen LogP contribution in [0.1, 0.15) is 16.1 Å². The average molecular weight is 364 g/mol. The lowest BCUT2D eigenvalue weighted by molar-refractivity contribution is -0.141. The molecular formula is C12H14BrNO5S. The predicted octanol–water partition coefficient (Wildman–Crippen LogP) is 1.83. The maximum atomic E-state index is 12.4. The second kappa shape index (κ2) is 6.55. The molecule has 1 N–H and O–H groups in total. The normalized spacial score (nSPS) is 18.9. The van der Waals surface area contributed by atoms with Crippen LogP contribution in [-0.2, 0) is 9.53 Å². The molecule has 2 rings (SSSR count). The fourth-order valence-electron chi connectivity index (χ4n) is 1.97. The van der Waals surface area contributed by atoms with Gasteiger partial charge in [0, 0.05) is 19.2 Å². The molecule has 0 bridgehead atoms. The number of amides is 1. The van der Waals surface area contributed by atoms with Crippen molar-refractivity contribution < 1.29 is 24.2 Å². The summed E-state index contributed by atoms with van der Waals surface area (Å²) in [4.78, 5) is 25.2. The first-order valence-corrected chi connectivity index (χ1v) is 7.58. The third-order valence-corrected chi connectivity index (χ3v) is 4.68. The Balaban J connectivity index is 2.06. The highest BCUT2D eigenvalue weighted by Crippen LogP contribution is 2.35. The van der Waals surface area contributed by atoms with E-state index < -0.39 is 12.1 Å². The second-order valence-corrected chi connectivity index (χ2v) is 6.66. The molecule has 1 aromatic heterocycles. The largest absolute Gasteiger partial charge is 0.495 e. The van der Waals surface area contributed by atoms with Gasteiger partial charge in [-0.05, 0) is 15.9 Å². The van der Waals surface area contributed by atoms with Gasteiger partial charge in [0.05, 0.1) is 31.1 Å². The van der Waals surface area contributed by atoms with Crippen molar-refractivity contribution in [3.05, 3.63) is 14.7 Å². The molecule has 0 aliphatic carbocycles. The zero-order chi connectivity index (χ0) is 14.7. The topological polar surface area (TPSA) is 76.1 Å². The minimum Gasteiger partial charge on any atom is -0.495 e.